The number of imidazole rings is 1. The van der Waals surface area contributed by atoms with Crippen molar-refractivity contribution in [3.63, 3.8) is 0 Å². The van der Waals surface area contributed by atoms with E-state index >= 15 is 0 Å². The highest BCUT2D eigenvalue weighted by molar-refractivity contribution is 6.30. The Morgan fingerprint density at radius 1 is 1.00 bits per heavy atom. The van der Waals surface area contributed by atoms with Crippen LogP contribution in [0.1, 0.15) is 30.1 Å². The van der Waals surface area contributed by atoms with Crippen LogP contribution in [0.5, 0.6) is 0 Å². The van der Waals surface area contributed by atoms with Crippen LogP contribution in [0.4, 0.5) is 11.4 Å². The van der Waals surface area contributed by atoms with Gasteiger partial charge in [-0.15, -0.1) is 0 Å². The molecule has 1 aliphatic rings. The zero-order chi connectivity index (χ0) is 22.6. The standard InChI is InChI=1S/C26H22ClN5O/c1-16-28-15-23(33-16)20-11-10-19(14-29-20)30-21-4-3-5-22-24(21)31-25(32(22)2)26(12-13-26)17-6-8-18(27)9-7-17/h3-11,14-15,30H,12-13H2,1-2H3. The van der Waals surface area contributed by atoms with Crippen molar-refractivity contribution >= 4 is 34.0 Å². The Hall–Kier alpha value is -3.64. The molecule has 1 aliphatic carbocycles. The molecule has 0 aliphatic heterocycles. The van der Waals surface area contributed by atoms with Gasteiger partial charge in [-0.05, 0) is 54.8 Å². The fraction of sp³-hybridized carbons (Fsp3) is 0.192. The van der Waals surface area contributed by atoms with Crippen molar-refractivity contribution in [2.75, 3.05) is 5.32 Å². The molecule has 3 aromatic heterocycles. The van der Waals surface area contributed by atoms with Gasteiger partial charge in [-0.3, -0.25) is 4.98 Å². The van der Waals surface area contributed by atoms with Gasteiger partial charge in [0.05, 0.1) is 34.7 Å². The molecule has 0 unspecified atom stereocenters. The van der Waals surface area contributed by atoms with Gasteiger partial charge in [0.25, 0.3) is 0 Å². The maximum Gasteiger partial charge on any atom is 0.191 e. The van der Waals surface area contributed by atoms with Crippen molar-refractivity contribution in [3.8, 4) is 11.5 Å². The topological polar surface area (TPSA) is 68.8 Å². The quantitative estimate of drug-likeness (QED) is 0.331. The van der Waals surface area contributed by atoms with E-state index in [4.69, 9.17) is 21.0 Å². The van der Waals surface area contributed by atoms with Gasteiger partial charge >= 0.3 is 0 Å². The SMILES string of the molecule is Cc1ncc(-c2ccc(Nc3cccc4c3nc(C3(c5ccc(Cl)cc5)CC3)n4C)cn2)o1. The molecule has 7 heteroatoms. The predicted octanol–water partition coefficient (Wildman–Crippen LogP) is 6.41. The summed E-state index contributed by atoms with van der Waals surface area (Å²) in [6.07, 6.45) is 5.66. The molecule has 1 saturated carbocycles. The first-order valence-corrected chi connectivity index (χ1v) is 11.3. The van der Waals surface area contributed by atoms with Gasteiger partial charge in [-0.2, -0.15) is 0 Å². The number of benzene rings is 2. The number of nitrogens with one attached hydrogen (secondary N) is 1. The van der Waals surface area contributed by atoms with Crippen molar-refractivity contribution in [1.82, 2.24) is 19.5 Å². The Balaban J connectivity index is 1.35. The largest absolute Gasteiger partial charge is 0.439 e. The van der Waals surface area contributed by atoms with E-state index in [1.807, 2.05) is 31.2 Å². The average molecular weight is 456 g/mol. The second-order valence-electron chi connectivity index (χ2n) is 8.56. The summed E-state index contributed by atoms with van der Waals surface area (Å²) in [6.45, 7) is 1.82. The third-order valence-electron chi connectivity index (χ3n) is 6.40. The van der Waals surface area contributed by atoms with Gasteiger partial charge in [0, 0.05) is 19.0 Å². The van der Waals surface area contributed by atoms with Gasteiger partial charge in [-0.25, -0.2) is 9.97 Å². The van der Waals surface area contributed by atoms with E-state index in [0.29, 0.717) is 11.7 Å². The summed E-state index contributed by atoms with van der Waals surface area (Å²) in [4.78, 5) is 13.8. The van der Waals surface area contributed by atoms with Gasteiger partial charge in [0.15, 0.2) is 11.7 Å². The number of hydrogen-bond acceptors (Lipinski definition) is 5. The maximum absolute atomic E-state index is 6.12. The highest BCUT2D eigenvalue weighted by Crippen LogP contribution is 2.53. The summed E-state index contributed by atoms with van der Waals surface area (Å²) < 4.78 is 7.79. The number of anilines is 2. The molecule has 0 amide bonds. The molecule has 3 heterocycles. The molecule has 0 atom stereocenters. The van der Waals surface area contributed by atoms with Crippen LogP contribution in [0.3, 0.4) is 0 Å². The molecule has 33 heavy (non-hydrogen) atoms. The summed E-state index contributed by atoms with van der Waals surface area (Å²) in [6, 6.07) is 18.3. The number of nitrogens with zero attached hydrogens (tertiary/aromatic N) is 4. The van der Waals surface area contributed by atoms with Gasteiger partial charge in [-0.1, -0.05) is 29.8 Å². The second-order valence-corrected chi connectivity index (χ2v) is 8.99. The van der Waals surface area contributed by atoms with Gasteiger partial charge in [0.2, 0.25) is 0 Å². The number of pyridine rings is 1. The van der Waals surface area contributed by atoms with Crippen LogP contribution in [0.2, 0.25) is 5.02 Å². The molecule has 1 N–H and O–H groups in total. The lowest BCUT2D eigenvalue weighted by molar-refractivity contribution is 0.532. The van der Waals surface area contributed by atoms with Crippen LogP contribution in [0.25, 0.3) is 22.5 Å². The monoisotopic (exact) mass is 455 g/mol. The Labute approximate surface area is 196 Å². The van der Waals surface area contributed by atoms with Crippen LogP contribution in [0.15, 0.2) is 71.4 Å². The number of rotatable bonds is 5. The predicted molar refractivity (Wildman–Crippen MR) is 130 cm³/mol. The Kier molecular flexibility index (Phi) is 4.52. The van der Waals surface area contributed by atoms with E-state index in [-0.39, 0.29) is 5.41 Å². The third kappa shape index (κ3) is 3.38. The first kappa shape index (κ1) is 20.0. The molecule has 0 bridgehead atoms. The number of oxazole rings is 1. The van der Waals surface area contributed by atoms with Crippen molar-refractivity contribution in [3.05, 3.63) is 89.3 Å². The fourth-order valence-corrected chi connectivity index (χ4v) is 4.65. The highest BCUT2D eigenvalue weighted by atomic mass is 35.5. The normalized spacial score (nSPS) is 14.5. The second kappa shape index (κ2) is 7.46. The lowest BCUT2D eigenvalue weighted by Gasteiger charge is -2.15. The number of halogens is 1. The summed E-state index contributed by atoms with van der Waals surface area (Å²) in [5, 5.41) is 4.24. The summed E-state index contributed by atoms with van der Waals surface area (Å²) in [5.41, 5.74) is 5.84. The molecule has 5 aromatic rings. The molecule has 0 spiro atoms. The van der Waals surface area contributed by atoms with E-state index in [1.54, 1.807) is 12.4 Å². The number of aryl methyl sites for hydroxylation is 2. The van der Waals surface area contributed by atoms with Crippen LogP contribution in [-0.2, 0) is 12.5 Å². The molecular formula is C26H22ClN5O. The van der Waals surface area contributed by atoms with Crippen LogP contribution >= 0.6 is 11.6 Å². The summed E-state index contributed by atoms with van der Waals surface area (Å²) >= 11 is 6.12. The molecule has 164 valence electrons. The number of fused-ring (bicyclic) bond motifs is 1. The highest BCUT2D eigenvalue weighted by Gasteiger charge is 2.49. The van der Waals surface area contributed by atoms with Crippen molar-refractivity contribution in [1.29, 1.82) is 0 Å². The minimum Gasteiger partial charge on any atom is -0.439 e. The molecule has 6 nitrogen and oxygen atoms in total. The van der Waals surface area contributed by atoms with Crippen LogP contribution in [0, 0.1) is 6.92 Å². The van der Waals surface area contributed by atoms with Crippen molar-refractivity contribution < 1.29 is 4.42 Å². The Morgan fingerprint density at radius 3 is 2.48 bits per heavy atom. The summed E-state index contributed by atoms with van der Waals surface area (Å²) in [7, 11) is 2.10. The van der Waals surface area contributed by atoms with E-state index in [1.165, 1.54) is 5.56 Å². The van der Waals surface area contributed by atoms with E-state index in [9.17, 15) is 0 Å². The minimum absolute atomic E-state index is 0.0476. The van der Waals surface area contributed by atoms with Crippen LogP contribution < -0.4 is 5.32 Å². The number of aromatic nitrogens is 4. The van der Waals surface area contributed by atoms with E-state index in [0.717, 1.165) is 51.8 Å². The first-order valence-electron chi connectivity index (χ1n) is 10.9. The lowest BCUT2D eigenvalue weighted by atomic mass is 9.95. The molecule has 6 rings (SSSR count). The number of hydrogen-bond donors (Lipinski definition) is 1. The smallest absolute Gasteiger partial charge is 0.191 e. The zero-order valence-electron chi connectivity index (χ0n) is 18.3. The minimum atomic E-state index is -0.0476. The lowest BCUT2D eigenvalue weighted by Crippen LogP contribution is -2.14. The Bertz CT molecular complexity index is 1460. The average Bonchev–Trinajstić information content (AvgIpc) is 3.39. The van der Waals surface area contributed by atoms with Gasteiger partial charge in [0.1, 0.15) is 17.0 Å². The fourth-order valence-electron chi connectivity index (χ4n) is 4.53. The van der Waals surface area contributed by atoms with Crippen LogP contribution in [-0.4, -0.2) is 19.5 Å². The number of para-hydroxylation sites is 1. The van der Waals surface area contributed by atoms with Gasteiger partial charge < -0.3 is 14.3 Å². The Morgan fingerprint density at radius 2 is 1.82 bits per heavy atom. The molecule has 0 radical (unpaired) electrons. The molecule has 2 aromatic carbocycles. The van der Waals surface area contributed by atoms with Crippen molar-refractivity contribution in [2.24, 2.45) is 7.05 Å². The molecule has 1 fully saturated rings. The van der Waals surface area contributed by atoms with E-state index in [2.05, 4.69) is 57.2 Å². The summed E-state index contributed by atoms with van der Waals surface area (Å²) in [5.74, 6) is 2.37. The molecular weight excluding hydrogens is 434 g/mol. The third-order valence-corrected chi connectivity index (χ3v) is 6.65. The zero-order valence-corrected chi connectivity index (χ0v) is 19.1. The maximum atomic E-state index is 6.12. The first-order chi connectivity index (χ1) is 16.0. The molecule has 0 saturated heterocycles. The van der Waals surface area contributed by atoms with E-state index < -0.39 is 0 Å². The van der Waals surface area contributed by atoms with Crippen molar-refractivity contribution in [2.45, 2.75) is 25.2 Å².